The van der Waals surface area contributed by atoms with E-state index in [4.69, 9.17) is 9.47 Å². The van der Waals surface area contributed by atoms with Crippen molar-refractivity contribution in [2.24, 2.45) is 11.8 Å². The molecule has 128 valence electrons. The molecular weight excluding hydrogens is 294 g/mol. The van der Waals surface area contributed by atoms with Gasteiger partial charge < -0.3 is 14.6 Å². The zero-order valence-corrected chi connectivity index (χ0v) is 14.2. The van der Waals surface area contributed by atoms with Gasteiger partial charge in [0.25, 0.3) is 0 Å². The molecule has 1 N–H and O–H groups in total. The molecule has 0 saturated carbocycles. The SMILES string of the molecule is CCCOc1ccc(CN2CC(C)CC(C(=O)O)C2)cc1OC. The summed E-state index contributed by atoms with van der Waals surface area (Å²) in [5.41, 5.74) is 1.11. The Bertz CT molecular complexity index is 532. The first-order chi connectivity index (χ1) is 11.0. The largest absolute Gasteiger partial charge is 0.493 e. The smallest absolute Gasteiger partial charge is 0.307 e. The van der Waals surface area contributed by atoms with Crippen molar-refractivity contribution in [1.29, 1.82) is 0 Å². The summed E-state index contributed by atoms with van der Waals surface area (Å²) in [6.07, 6.45) is 1.71. The summed E-state index contributed by atoms with van der Waals surface area (Å²) in [4.78, 5) is 13.5. The highest BCUT2D eigenvalue weighted by Gasteiger charge is 2.29. The van der Waals surface area contributed by atoms with Gasteiger partial charge in [-0.3, -0.25) is 9.69 Å². The number of methoxy groups -OCH3 is 1. The molecule has 2 unspecified atom stereocenters. The number of hydrogen-bond acceptors (Lipinski definition) is 4. The second kappa shape index (κ2) is 8.20. The van der Waals surface area contributed by atoms with Crippen LogP contribution < -0.4 is 9.47 Å². The highest BCUT2D eigenvalue weighted by atomic mass is 16.5. The van der Waals surface area contributed by atoms with E-state index in [9.17, 15) is 9.90 Å². The van der Waals surface area contributed by atoms with Gasteiger partial charge in [0, 0.05) is 19.6 Å². The molecule has 23 heavy (non-hydrogen) atoms. The molecule has 1 aromatic carbocycles. The first-order valence-electron chi connectivity index (χ1n) is 8.28. The summed E-state index contributed by atoms with van der Waals surface area (Å²) in [7, 11) is 1.64. The van der Waals surface area contributed by atoms with Crippen LogP contribution in [0.5, 0.6) is 11.5 Å². The minimum atomic E-state index is -0.692. The molecular formula is C18H27NO4. The number of likely N-dealkylation sites (tertiary alicyclic amines) is 1. The second-order valence-corrected chi connectivity index (χ2v) is 6.40. The van der Waals surface area contributed by atoms with Crippen molar-refractivity contribution in [2.45, 2.75) is 33.2 Å². The fourth-order valence-corrected chi connectivity index (χ4v) is 3.17. The highest BCUT2D eigenvalue weighted by Crippen LogP contribution is 2.30. The first kappa shape index (κ1) is 17.6. The molecule has 2 atom stereocenters. The molecule has 1 aromatic rings. The molecule has 1 aliphatic rings. The Labute approximate surface area is 138 Å². The third-order valence-electron chi connectivity index (χ3n) is 4.18. The molecule has 0 aliphatic carbocycles. The number of rotatable bonds is 7. The summed E-state index contributed by atoms with van der Waals surface area (Å²) in [5, 5.41) is 9.28. The van der Waals surface area contributed by atoms with Crippen LogP contribution in [0.4, 0.5) is 0 Å². The molecule has 1 saturated heterocycles. The van der Waals surface area contributed by atoms with Crippen LogP contribution in [0.15, 0.2) is 18.2 Å². The van der Waals surface area contributed by atoms with Crippen LogP contribution in [-0.4, -0.2) is 42.8 Å². The fourth-order valence-electron chi connectivity index (χ4n) is 3.17. The third kappa shape index (κ3) is 4.86. The van der Waals surface area contributed by atoms with Crippen LogP contribution >= 0.6 is 0 Å². The Morgan fingerprint density at radius 2 is 2.13 bits per heavy atom. The minimum absolute atomic E-state index is 0.271. The van der Waals surface area contributed by atoms with Crippen molar-refractivity contribution in [3.05, 3.63) is 23.8 Å². The molecule has 1 aliphatic heterocycles. The summed E-state index contributed by atoms with van der Waals surface area (Å²) in [5.74, 6) is 0.929. The van der Waals surface area contributed by atoms with Gasteiger partial charge in [0.05, 0.1) is 19.6 Å². The van der Waals surface area contributed by atoms with Gasteiger partial charge in [-0.1, -0.05) is 19.9 Å². The maximum atomic E-state index is 11.3. The van der Waals surface area contributed by atoms with Gasteiger partial charge in [0.15, 0.2) is 11.5 Å². The summed E-state index contributed by atoms with van der Waals surface area (Å²) in [6, 6.07) is 5.95. The maximum Gasteiger partial charge on any atom is 0.307 e. The number of carboxylic acids is 1. The number of piperidine rings is 1. The van der Waals surface area contributed by atoms with Gasteiger partial charge in [-0.05, 0) is 36.5 Å². The number of ether oxygens (including phenoxy) is 2. The summed E-state index contributed by atoms with van der Waals surface area (Å²) < 4.78 is 11.1. The van der Waals surface area contributed by atoms with Gasteiger partial charge in [-0.2, -0.15) is 0 Å². The van der Waals surface area contributed by atoms with E-state index in [-0.39, 0.29) is 5.92 Å². The standard InChI is InChI=1S/C18H27NO4/c1-4-7-23-16-6-5-14(9-17(16)22-3)11-19-10-13(2)8-15(12-19)18(20)21/h5-6,9,13,15H,4,7-8,10-12H2,1-3H3,(H,20,21). The third-order valence-corrected chi connectivity index (χ3v) is 4.18. The van der Waals surface area contributed by atoms with Gasteiger partial charge in [0.1, 0.15) is 0 Å². The number of benzene rings is 1. The van der Waals surface area contributed by atoms with E-state index in [1.807, 2.05) is 18.2 Å². The Hall–Kier alpha value is -1.75. The first-order valence-corrected chi connectivity index (χ1v) is 8.28. The van der Waals surface area contributed by atoms with Crippen LogP contribution in [0.2, 0.25) is 0 Å². The quantitative estimate of drug-likeness (QED) is 0.836. The van der Waals surface area contributed by atoms with E-state index in [0.29, 0.717) is 19.1 Å². The van der Waals surface area contributed by atoms with Crippen molar-refractivity contribution in [3.63, 3.8) is 0 Å². The lowest BCUT2D eigenvalue weighted by Crippen LogP contribution is -2.41. The molecule has 0 bridgehead atoms. The van der Waals surface area contributed by atoms with E-state index < -0.39 is 5.97 Å². The highest BCUT2D eigenvalue weighted by molar-refractivity contribution is 5.70. The lowest BCUT2D eigenvalue weighted by atomic mass is 9.90. The Morgan fingerprint density at radius 3 is 2.78 bits per heavy atom. The van der Waals surface area contributed by atoms with Crippen molar-refractivity contribution in [3.8, 4) is 11.5 Å². The lowest BCUT2D eigenvalue weighted by Gasteiger charge is -2.34. The molecule has 0 spiro atoms. The number of nitrogens with zero attached hydrogens (tertiary/aromatic N) is 1. The summed E-state index contributed by atoms with van der Waals surface area (Å²) in [6.45, 7) is 7.12. The molecule has 2 rings (SSSR count). The van der Waals surface area contributed by atoms with Crippen molar-refractivity contribution in [2.75, 3.05) is 26.8 Å². The van der Waals surface area contributed by atoms with Crippen LogP contribution in [-0.2, 0) is 11.3 Å². The monoisotopic (exact) mass is 321 g/mol. The second-order valence-electron chi connectivity index (χ2n) is 6.40. The lowest BCUT2D eigenvalue weighted by molar-refractivity contribution is -0.144. The number of carboxylic acid groups (broad SMARTS) is 1. The maximum absolute atomic E-state index is 11.3. The minimum Gasteiger partial charge on any atom is -0.493 e. The molecule has 5 nitrogen and oxygen atoms in total. The predicted octanol–water partition coefficient (Wildman–Crippen LogP) is 3.03. The van der Waals surface area contributed by atoms with Crippen molar-refractivity contribution < 1.29 is 19.4 Å². The number of hydrogen-bond donors (Lipinski definition) is 1. The number of aliphatic carboxylic acids is 1. The molecule has 1 fully saturated rings. The average molecular weight is 321 g/mol. The van der Waals surface area contributed by atoms with E-state index in [1.54, 1.807) is 7.11 Å². The molecule has 1 heterocycles. The van der Waals surface area contributed by atoms with E-state index in [1.165, 1.54) is 0 Å². The zero-order valence-electron chi connectivity index (χ0n) is 14.2. The van der Waals surface area contributed by atoms with Crippen molar-refractivity contribution >= 4 is 5.97 Å². The van der Waals surface area contributed by atoms with Crippen LogP contribution in [0.25, 0.3) is 0 Å². The van der Waals surface area contributed by atoms with Gasteiger partial charge in [-0.15, -0.1) is 0 Å². The van der Waals surface area contributed by atoms with Crippen molar-refractivity contribution in [1.82, 2.24) is 4.90 Å². The molecule has 0 amide bonds. The van der Waals surface area contributed by atoms with Crippen LogP contribution in [0.1, 0.15) is 32.3 Å². The normalized spacial score (nSPS) is 21.9. The molecule has 0 aromatic heterocycles. The van der Waals surface area contributed by atoms with Gasteiger partial charge in [-0.25, -0.2) is 0 Å². The topological polar surface area (TPSA) is 59.0 Å². The Morgan fingerprint density at radius 1 is 1.35 bits per heavy atom. The summed E-state index contributed by atoms with van der Waals surface area (Å²) >= 11 is 0. The predicted molar refractivity (Wildman–Crippen MR) is 89.0 cm³/mol. The average Bonchev–Trinajstić information content (AvgIpc) is 2.52. The molecule has 0 radical (unpaired) electrons. The number of carbonyl (C=O) groups is 1. The zero-order chi connectivity index (χ0) is 16.8. The fraction of sp³-hybridized carbons (Fsp3) is 0.611. The van der Waals surface area contributed by atoms with Gasteiger partial charge >= 0.3 is 5.97 Å². The van der Waals surface area contributed by atoms with Crippen LogP contribution in [0, 0.1) is 11.8 Å². The van der Waals surface area contributed by atoms with E-state index in [2.05, 4.69) is 18.7 Å². The Balaban J connectivity index is 2.05. The molecule has 5 heteroatoms. The van der Waals surface area contributed by atoms with Gasteiger partial charge in [0.2, 0.25) is 0 Å². The Kier molecular flexibility index (Phi) is 6.28. The van der Waals surface area contributed by atoms with Crippen LogP contribution in [0.3, 0.4) is 0 Å². The van der Waals surface area contributed by atoms with E-state index in [0.717, 1.165) is 43.0 Å². The van der Waals surface area contributed by atoms with E-state index >= 15 is 0 Å².